The lowest BCUT2D eigenvalue weighted by Gasteiger charge is -2.13. The van der Waals surface area contributed by atoms with E-state index in [-0.39, 0.29) is 11.2 Å². The summed E-state index contributed by atoms with van der Waals surface area (Å²) in [6.07, 6.45) is 0. The van der Waals surface area contributed by atoms with Crippen molar-refractivity contribution in [3.05, 3.63) is 40.3 Å². The average Bonchev–Trinajstić information content (AvgIpc) is 2.72. The standard InChI is InChI=1S/C14H19N3O3/c1-4-16-12(9-19-2)13(15)14(18)17(16)10-5-7-11(20-3)8-6-10/h5-8H,4,9,15H2,1-3H3. The van der Waals surface area contributed by atoms with Crippen molar-refractivity contribution in [2.24, 2.45) is 0 Å². The number of nitrogens with zero attached hydrogens (tertiary/aromatic N) is 2. The van der Waals surface area contributed by atoms with Gasteiger partial charge in [0, 0.05) is 13.7 Å². The first-order valence-electron chi connectivity index (χ1n) is 6.37. The molecule has 1 aromatic heterocycles. The minimum atomic E-state index is -0.232. The van der Waals surface area contributed by atoms with Gasteiger partial charge in [0.2, 0.25) is 0 Å². The summed E-state index contributed by atoms with van der Waals surface area (Å²) in [5, 5.41) is 0. The van der Waals surface area contributed by atoms with Crippen LogP contribution in [0, 0.1) is 0 Å². The predicted octanol–water partition coefficient (Wildman–Crippen LogP) is 1.40. The van der Waals surface area contributed by atoms with Crippen LogP contribution in [0.15, 0.2) is 29.1 Å². The van der Waals surface area contributed by atoms with Crippen molar-refractivity contribution < 1.29 is 9.47 Å². The van der Waals surface area contributed by atoms with Gasteiger partial charge < -0.3 is 15.2 Å². The molecule has 0 aliphatic heterocycles. The number of hydrogen-bond acceptors (Lipinski definition) is 4. The molecule has 20 heavy (non-hydrogen) atoms. The van der Waals surface area contributed by atoms with Crippen molar-refractivity contribution in [2.75, 3.05) is 20.0 Å². The molecule has 2 aromatic rings. The average molecular weight is 277 g/mol. The van der Waals surface area contributed by atoms with E-state index >= 15 is 0 Å². The van der Waals surface area contributed by atoms with Crippen LogP contribution in [0.3, 0.4) is 0 Å². The van der Waals surface area contributed by atoms with Crippen LogP contribution in [0.2, 0.25) is 0 Å². The highest BCUT2D eigenvalue weighted by atomic mass is 16.5. The van der Waals surface area contributed by atoms with Crippen LogP contribution in [-0.4, -0.2) is 23.6 Å². The van der Waals surface area contributed by atoms with Crippen LogP contribution < -0.4 is 16.0 Å². The van der Waals surface area contributed by atoms with Crippen LogP contribution in [0.5, 0.6) is 5.75 Å². The molecule has 0 aliphatic rings. The van der Waals surface area contributed by atoms with E-state index in [9.17, 15) is 4.79 Å². The molecule has 1 heterocycles. The molecule has 0 fully saturated rings. The van der Waals surface area contributed by atoms with Crippen LogP contribution in [0.4, 0.5) is 5.69 Å². The number of benzene rings is 1. The molecule has 6 nitrogen and oxygen atoms in total. The van der Waals surface area contributed by atoms with Crippen molar-refractivity contribution in [1.82, 2.24) is 9.36 Å². The van der Waals surface area contributed by atoms with Gasteiger partial charge in [0.05, 0.1) is 25.1 Å². The zero-order chi connectivity index (χ0) is 14.7. The zero-order valence-electron chi connectivity index (χ0n) is 11.9. The number of rotatable bonds is 5. The molecule has 2 N–H and O–H groups in total. The van der Waals surface area contributed by atoms with E-state index < -0.39 is 0 Å². The molecular weight excluding hydrogens is 258 g/mol. The Morgan fingerprint density at radius 2 is 1.85 bits per heavy atom. The molecule has 2 rings (SSSR count). The quantitative estimate of drug-likeness (QED) is 0.896. The largest absolute Gasteiger partial charge is 0.497 e. The summed E-state index contributed by atoms with van der Waals surface area (Å²) in [6.45, 7) is 2.88. The van der Waals surface area contributed by atoms with E-state index in [1.165, 1.54) is 0 Å². The molecule has 0 bridgehead atoms. The first-order chi connectivity index (χ1) is 9.63. The molecule has 0 saturated heterocycles. The van der Waals surface area contributed by atoms with Crippen molar-refractivity contribution in [3.8, 4) is 11.4 Å². The minimum Gasteiger partial charge on any atom is -0.497 e. The van der Waals surface area contributed by atoms with E-state index in [1.54, 1.807) is 31.0 Å². The number of ether oxygens (including phenoxy) is 2. The highest BCUT2D eigenvalue weighted by Crippen LogP contribution is 2.17. The maximum absolute atomic E-state index is 12.3. The first-order valence-corrected chi connectivity index (χ1v) is 6.37. The van der Waals surface area contributed by atoms with Gasteiger partial charge in [-0.05, 0) is 31.2 Å². The van der Waals surface area contributed by atoms with E-state index in [4.69, 9.17) is 15.2 Å². The monoisotopic (exact) mass is 277 g/mol. The summed E-state index contributed by atoms with van der Waals surface area (Å²) < 4.78 is 13.6. The third-order valence-electron chi connectivity index (χ3n) is 3.18. The van der Waals surface area contributed by atoms with Gasteiger partial charge in [-0.2, -0.15) is 0 Å². The van der Waals surface area contributed by atoms with Crippen LogP contribution in [0.1, 0.15) is 12.6 Å². The molecule has 0 atom stereocenters. The maximum atomic E-state index is 12.3. The summed E-state index contributed by atoms with van der Waals surface area (Å²) in [6, 6.07) is 7.26. The number of methoxy groups -OCH3 is 2. The Labute approximate surface area is 117 Å². The SMILES string of the molecule is CCn1c(COC)c(N)c(=O)n1-c1ccc(OC)cc1. The van der Waals surface area contributed by atoms with Gasteiger partial charge in [0.25, 0.3) is 5.56 Å². The van der Waals surface area contributed by atoms with E-state index in [0.717, 1.165) is 11.4 Å². The van der Waals surface area contributed by atoms with Gasteiger partial charge in [0.15, 0.2) is 0 Å². The zero-order valence-corrected chi connectivity index (χ0v) is 11.9. The normalized spacial score (nSPS) is 10.8. The van der Waals surface area contributed by atoms with Gasteiger partial charge >= 0.3 is 0 Å². The fraction of sp³-hybridized carbons (Fsp3) is 0.357. The van der Waals surface area contributed by atoms with Crippen molar-refractivity contribution in [3.63, 3.8) is 0 Å². The Kier molecular flexibility index (Phi) is 4.14. The second-order valence-corrected chi connectivity index (χ2v) is 4.32. The number of anilines is 1. The maximum Gasteiger partial charge on any atom is 0.294 e. The summed E-state index contributed by atoms with van der Waals surface area (Å²) in [7, 11) is 3.18. The van der Waals surface area contributed by atoms with Crippen LogP contribution >= 0.6 is 0 Å². The highest BCUT2D eigenvalue weighted by Gasteiger charge is 2.17. The van der Waals surface area contributed by atoms with Crippen LogP contribution in [-0.2, 0) is 17.9 Å². The molecule has 0 spiro atoms. The molecule has 0 radical (unpaired) electrons. The topological polar surface area (TPSA) is 71.4 Å². The highest BCUT2D eigenvalue weighted by molar-refractivity contribution is 5.46. The van der Waals surface area contributed by atoms with Gasteiger partial charge in [0.1, 0.15) is 11.4 Å². The Hall–Kier alpha value is -2.21. The molecule has 0 amide bonds. The molecular formula is C14H19N3O3. The Bertz CT molecular complexity index is 641. The molecule has 0 unspecified atom stereocenters. The lowest BCUT2D eigenvalue weighted by molar-refractivity contribution is 0.176. The van der Waals surface area contributed by atoms with E-state index in [0.29, 0.717) is 18.8 Å². The smallest absolute Gasteiger partial charge is 0.294 e. The van der Waals surface area contributed by atoms with Gasteiger partial charge in [-0.3, -0.25) is 9.48 Å². The van der Waals surface area contributed by atoms with Gasteiger partial charge in [-0.25, -0.2) is 4.68 Å². The first kappa shape index (κ1) is 14.2. The molecule has 108 valence electrons. The lowest BCUT2D eigenvalue weighted by Crippen LogP contribution is -2.22. The minimum absolute atomic E-state index is 0.226. The molecule has 0 saturated carbocycles. The van der Waals surface area contributed by atoms with Crippen molar-refractivity contribution >= 4 is 5.69 Å². The summed E-state index contributed by atoms with van der Waals surface area (Å²) in [5.41, 5.74) is 7.33. The Morgan fingerprint density at radius 3 is 2.35 bits per heavy atom. The third kappa shape index (κ3) is 2.30. The fourth-order valence-electron chi connectivity index (χ4n) is 2.21. The van der Waals surface area contributed by atoms with Crippen LogP contribution in [0.25, 0.3) is 5.69 Å². The Balaban J connectivity index is 2.60. The van der Waals surface area contributed by atoms with Gasteiger partial charge in [-0.15, -0.1) is 0 Å². The van der Waals surface area contributed by atoms with Crippen molar-refractivity contribution in [1.29, 1.82) is 0 Å². The summed E-state index contributed by atoms with van der Waals surface area (Å²) in [5.74, 6) is 0.737. The van der Waals surface area contributed by atoms with E-state index in [1.807, 2.05) is 23.7 Å². The number of aromatic nitrogens is 2. The second-order valence-electron chi connectivity index (χ2n) is 4.32. The summed E-state index contributed by atoms with van der Waals surface area (Å²) in [4.78, 5) is 12.3. The Morgan fingerprint density at radius 1 is 1.20 bits per heavy atom. The second kappa shape index (κ2) is 5.83. The summed E-state index contributed by atoms with van der Waals surface area (Å²) >= 11 is 0. The number of nitrogen functional groups attached to an aromatic ring is 1. The molecule has 6 heteroatoms. The third-order valence-corrected chi connectivity index (χ3v) is 3.18. The van der Waals surface area contributed by atoms with Gasteiger partial charge in [-0.1, -0.05) is 0 Å². The molecule has 1 aromatic carbocycles. The predicted molar refractivity (Wildman–Crippen MR) is 77.4 cm³/mol. The van der Waals surface area contributed by atoms with Crippen molar-refractivity contribution in [2.45, 2.75) is 20.1 Å². The molecule has 0 aliphatic carbocycles. The number of hydrogen-bond donors (Lipinski definition) is 1. The van der Waals surface area contributed by atoms with E-state index in [2.05, 4.69) is 0 Å². The number of nitrogens with two attached hydrogens (primary N) is 1. The lowest BCUT2D eigenvalue weighted by atomic mass is 10.3. The fourth-order valence-corrected chi connectivity index (χ4v) is 2.21.